The average Bonchev–Trinajstić information content (AvgIpc) is 2.95. The van der Waals surface area contributed by atoms with Gasteiger partial charge in [-0.15, -0.1) is 10.2 Å². The van der Waals surface area contributed by atoms with Crippen molar-refractivity contribution < 1.29 is 4.74 Å². The van der Waals surface area contributed by atoms with Crippen LogP contribution in [0.25, 0.3) is 11.4 Å². The van der Waals surface area contributed by atoms with Gasteiger partial charge in [-0.2, -0.15) is 0 Å². The number of nitrogens with zero attached hydrogens (tertiary/aromatic N) is 3. The van der Waals surface area contributed by atoms with Crippen molar-refractivity contribution in [1.82, 2.24) is 14.8 Å². The van der Waals surface area contributed by atoms with Crippen molar-refractivity contribution in [2.24, 2.45) is 7.05 Å². The van der Waals surface area contributed by atoms with Crippen LogP contribution in [0.3, 0.4) is 0 Å². The highest BCUT2D eigenvalue weighted by atomic mass is 79.9. The van der Waals surface area contributed by atoms with Crippen molar-refractivity contribution in [1.29, 1.82) is 0 Å². The van der Waals surface area contributed by atoms with Crippen molar-refractivity contribution >= 4 is 27.7 Å². The van der Waals surface area contributed by atoms with Crippen molar-refractivity contribution in [2.45, 2.75) is 10.9 Å². The van der Waals surface area contributed by atoms with Crippen LogP contribution in [0.5, 0.6) is 5.75 Å². The fourth-order valence-corrected chi connectivity index (χ4v) is 3.36. The molecule has 0 amide bonds. The van der Waals surface area contributed by atoms with Crippen LogP contribution in [-0.2, 0) is 12.8 Å². The topological polar surface area (TPSA) is 39.9 Å². The summed E-state index contributed by atoms with van der Waals surface area (Å²) >= 11 is 5.12. The summed E-state index contributed by atoms with van der Waals surface area (Å²) in [6.07, 6.45) is 0. The number of methoxy groups -OCH3 is 1. The van der Waals surface area contributed by atoms with Crippen molar-refractivity contribution in [3.05, 3.63) is 58.6 Å². The summed E-state index contributed by atoms with van der Waals surface area (Å²) in [5.41, 5.74) is 2.19. The SMILES string of the molecule is COc1ccccc1-c1nnc(SCc2ccc(Br)cc2)n1C. The van der Waals surface area contributed by atoms with Crippen LogP contribution < -0.4 is 4.74 Å². The minimum absolute atomic E-state index is 0.799. The van der Waals surface area contributed by atoms with Gasteiger partial charge in [-0.1, -0.05) is 52.0 Å². The highest BCUT2D eigenvalue weighted by Gasteiger charge is 2.14. The third-order valence-electron chi connectivity index (χ3n) is 3.46. The second-order valence-corrected chi connectivity index (χ2v) is 6.84. The Morgan fingerprint density at radius 1 is 1.09 bits per heavy atom. The number of halogens is 1. The van der Waals surface area contributed by atoms with Gasteiger partial charge in [0.2, 0.25) is 0 Å². The van der Waals surface area contributed by atoms with Gasteiger partial charge in [-0.25, -0.2) is 0 Å². The molecule has 1 heterocycles. The molecule has 23 heavy (non-hydrogen) atoms. The molecular formula is C17H16BrN3OS. The largest absolute Gasteiger partial charge is 0.496 e. The molecule has 3 rings (SSSR count). The highest BCUT2D eigenvalue weighted by molar-refractivity contribution is 9.10. The number of benzene rings is 2. The van der Waals surface area contributed by atoms with Crippen LogP contribution in [0.1, 0.15) is 5.56 Å². The molecule has 0 aliphatic carbocycles. The van der Waals surface area contributed by atoms with Gasteiger partial charge in [0.25, 0.3) is 0 Å². The van der Waals surface area contributed by atoms with Crippen LogP contribution in [-0.4, -0.2) is 21.9 Å². The van der Waals surface area contributed by atoms with Gasteiger partial charge in [0, 0.05) is 17.3 Å². The Morgan fingerprint density at radius 3 is 2.57 bits per heavy atom. The van der Waals surface area contributed by atoms with Gasteiger partial charge in [-0.05, 0) is 29.8 Å². The predicted molar refractivity (Wildman–Crippen MR) is 96.7 cm³/mol. The number of aromatic nitrogens is 3. The number of hydrogen-bond donors (Lipinski definition) is 0. The first-order valence-electron chi connectivity index (χ1n) is 7.09. The van der Waals surface area contributed by atoms with Gasteiger partial charge in [0.15, 0.2) is 11.0 Å². The molecule has 0 N–H and O–H groups in total. The van der Waals surface area contributed by atoms with E-state index in [1.165, 1.54) is 5.56 Å². The maximum absolute atomic E-state index is 5.41. The molecule has 0 aliphatic rings. The molecule has 2 aromatic carbocycles. The second kappa shape index (κ2) is 7.19. The lowest BCUT2D eigenvalue weighted by atomic mass is 10.2. The summed E-state index contributed by atoms with van der Waals surface area (Å²) in [7, 11) is 3.64. The van der Waals surface area contributed by atoms with E-state index in [1.54, 1.807) is 18.9 Å². The predicted octanol–water partition coefficient (Wildman–Crippen LogP) is 4.55. The first-order chi connectivity index (χ1) is 11.2. The van der Waals surface area contributed by atoms with E-state index in [0.717, 1.165) is 32.5 Å². The Bertz CT molecular complexity index is 802. The van der Waals surface area contributed by atoms with Crippen LogP contribution in [0.4, 0.5) is 0 Å². The molecular weight excluding hydrogens is 374 g/mol. The van der Waals surface area contributed by atoms with Gasteiger partial charge in [0.1, 0.15) is 5.75 Å². The molecule has 1 aromatic heterocycles. The van der Waals surface area contributed by atoms with E-state index < -0.39 is 0 Å². The van der Waals surface area contributed by atoms with E-state index >= 15 is 0 Å². The summed E-state index contributed by atoms with van der Waals surface area (Å²) in [6, 6.07) is 16.1. The molecule has 0 unspecified atom stereocenters. The zero-order chi connectivity index (χ0) is 16.2. The number of ether oxygens (including phenoxy) is 1. The zero-order valence-electron chi connectivity index (χ0n) is 12.9. The minimum atomic E-state index is 0.799. The van der Waals surface area contributed by atoms with E-state index in [-0.39, 0.29) is 0 Å². The molecule has 0 aliphatic heterocycles. The molecule has 0 saturated heterocycles. The lowest BCUT2D eigenvalue weighted by molar-refractivity contribution is 0.416. The lowest BCUT2D eigenvalue weighted by Gasteiger charge is -2.08. The monoisotopic (exact) mass is 389 g/mol. The zero-order valence-corrected chi connectivity index (χ0v) is 15.3. The Labute approximate surface area is 148 Å². The number of hydrogen-bond acceptors (Lipinski definition) is 4. The molecule has 4 nitrogen and oxygen atoms in total. The third-order valence-corrected chi connectivity index (χ3v) is 5.08. The van der Waals surface area contributed by atoms with Crippen LogP contribution >= 0.6 is 27.7 Å². The van der Waals surface area contributed by atoms with E-state index in [4.69, 9.17) is 4.74 Å². The molecule has 118 valence electrons. The quantitative estimate of drug-likeness (QED) is 0.600. The van der Waals surface area contributed by atoms with Crippen LogP contribution in [0, 0.1) is 0 Å². The first kappa shape index (κ1) is 16.1. The minimum Gasteiger partial charge on any atom is -0.496 e. The maximum Gasteiger partial charge on any atom is 0.191 e. The number of para-hydroxylation sites is 1. The molecule has 3 aromatic rings. The fraction of sp³-hybridized carbons (Fsp3) is 0.176. The van der Waals surface area contributed by atoms with E-state index in [0.29, 0.717) is 0 Å². The fourth-order valence-electron chi connectivity index (χ4n) is 2.23. The van der Waals surface area contributed by atoms with Gasteiger partial charge >= 0.3 is 0 Å². The maximum atomic E-state index is 5.41. The summed E-state index contributed by atoms with van der Waals surface area (Å²) in [6.45, 7) is 0. The first-order valence-corrected chi connectivity index (χ1v) is 8.87. The molecule has 0 atom stereocenters. The Balaban J connectivity index is 1.80. The normalized spacial score (nSPS) is 10.7. The third kappa shape index (κ3) is 3.59. The summed E-state index contributed by atoms with van der Waals surface area (Å²) in [4.78, 5) is 0. The highest BCUT2D eigenvalue weighted by Crippen LogP contribution is 2.30. The number of rotatable bonds is 5. The van der Waals surface area contributed by atoms with Crippen LogP contribution in [0.15, 0.2) is 58.2 Å². The van der Waals surface area contributed by atoms with Crippen molar-refractivity contribution in [2.75, 3.05) is 7.11 Å². The number of thioether (sulfide) groups is 1. The Morgan fingerprint density at radius 2 is 1.83 bits per heavy atom. The van der Waals surface area contributed by atoms with Crippen molar-refractivity contribution in [3.63, 3.8) is 0 Å². The lowest BCUT2D eigenvalue weighted by Crippen LogP contribution is -1.97. The summed E-state index contributed by atoms with van der Waals surface area (Å²) in [5.74, 6) is 2.46. The van der Waals surface area contributed by atoms with Crippen LogP contribution in [0.2, 0.25) is 0 Å². The van der Waals surface area contributed by atoms with Crippen molar-refractivity contribution in [3.8, 4) is 17.1 Å². The van der Waals surface area contributed by atoms with E-state index in [1.807, 2.05) is 48.0 Å². The van der Waals surface area contributed by atoms with Gasteiger partial charge in [-0.3, -0.25) is 0 Å². The molecule has 0 radical (unpaired) electrons. The van der Waals surface area contributed by atoms with Gasteiger partial charge in [0.05, 0.1) is 12.7 Å². The summed E-state index contributed by atoms with van der Waals surface area (Å²) in [5, 5.41) is 9.52. The Hall–Kier alpha value is -1.79. The average molecular weight is 390 g/mol. The Kier molecular flexibility index (Phi) is 5.03. The molecule has 0 saturated carbocycles. The molecule has 0 bridgehead atoms. The van der Waals surface area contributed by atoms with E-state index in [9.17, 15) is 0 Å². The molecule has 0 fully saturated rings. The molecule has 6 heteroatoms. The second-order valence-electron chi connectivity index (χ2n) is 4.98. The smallest absolute Gasteiger partial charge is 0.191 e. The van der Waals surface area contributed by atoms with E-state index in [2.05, 4.69) is 38.3 Å². The standard InChI is InChI=1S/C17H16BrN3OS/c1-21-16(14-5-3-4-6-15(14)22-2)19-20-17(21)23-11-12-7-9-13(18)10-8-12/h3-10H,11H2,1-2H3. The summed E-state index contributed by atoms with van der Waals surface area (Å²) < 4.78 is 8.50. The molecule has 0 spiro atoms. The van der Waals surface area contributed by atoms with Gasteiger partial charge < -0.3 is 9.30 Å².